The van der Waals surface area contributed by atoms with Crippen molar-refractivity contribution in [1.82, 2.24) is 0 Å². The van der Waals surface area contributed by atoms with Gasteiger partial charge in [-0.3, -0.25) is 4.18 Å². The van der Waals surface area contributed by atoms with Crippen molar-refractivity contribution in [3.8, 4) is 0 Å². The summed E-state index contributed by atoms with van der Waals surface area (Å²) in [5.41, 5.74) is 0. The molecule has 0 unspecified atom stereocenters. The summed E-state index contributed by atoms with van der Waals surface area (Å²) in [5.74, 6) is 0. The van der Waals surface area contributed by atoms with Crippen LogP contribution in [0.25, 0.3) is 0 Å². The Bertz CT molecular complexity index is 369. The molecule has 0 saturated heterocycles. The van der Waals surface area contributed by atoms with Gasteiger partial charge < -0.3 is 4.55 Å². The fourth-order valence-corrected chi connectivity index (χ4v) is 2.83. The maximum atomic E-state index is 10.2. The minimum absolute atomic E-state index is 0. The summed E-state index contributed by atoms with van der Waals surface area (Å²) in [5, 5.41) is 0. The number of allylic oxidation sites excluding steroid dienone is 2. The topological polar surface area (TPSA) is 66.4 Å². The Morgan fingerprint density at radius 1 is 0.750 bits per heavy atom. The Morgan fingerprint density at radius 2 is 1.17 bits per heavy atom. The molecule has 0 saturated carbocycles. The summed E-state index contributed by atoms with van der Waals surface area (Å²) in [4.78, 5) is 0. The predicted octanol–water partition coefficient (Wildman–Crippen LogP) is 2.50. The largest absolute Gasteiger partial charge is 1.00 e. The molecule has 0 fully saturated rings. The summed E-state index contributed by atoms with van der Waals surface area (Å²) < 4.78 is 34.8. The molecule has 0 N–H and O–H groups in total. The van der Waals surface area contributed by atoms with Gasteiger partial charge in [0.25, 0.3) is 0 Å². The molecule has 4 nitrogen and oxygen atoms in total. The molecular formula is C18H35NaO4S. The molecule has 0 bridgehead atoms. The van der Waals surface area contributed by atoms with Gasteiger partial charge in [-0.2, -0.15) is 0 Å². The van der Waals surface area contributed by atoms with Crippen LogP contribution in [0, 0.1) is 0 Å². The first-order valence-corrected chi connectivity index (χ1v) is 10.6. The minimum Gasteiger partial charge on any atom is -0.726 e. The van der Waals surface area contributed by atoms with E-state index >= 15 is 0 Å². The van der Waals surface area contributed by atoms with Crippen LogP contribution in [0.4, 0.5) is 0 Å². The van der Waals surface area contributed by atoms with Gasteiger partial charge in [0, 0.05) is 0 Å². The van der Waals surface area contributed by atoms with Crippen molar-refractivity contribution in [2.24, 2.45) is 0 Å². The zero-order chi connectivity index (χ0) is 17.2. The van der Waals surface area contributed by atoms with E-state index in [1.54, 1.807) is 0 Å². The first-order valence-electron chi connectivity index (χ1n) is 9.31. The molecule has 0 radical (unpaired) electrons. The third kappa shape index (κ3) is 24.9. The van der Waals surface area contributed by atoms with Gasteiger partial charge in [-0.1, -0.05) is 76.9 Å². The molecule has 0 aliphatic rings. The maximum Gasteiger partial charge on any atom is 1.00 e. The molecule has 0 aromatic rings. The van der Waals surface area contributed by atoms with Crippen LogP contribution in [0.2, 0.25) is 0 Å². The van der Waals surface area contributed by atoms with Crippen molar-refractivity contribution in [3.05, 3.63) is 12.2 Å². The van der Waals surface area contributed by atoms with Crippen molar-refractivity contribution in [3.63, 3.8) is 0 Å². The molecule has 138 valence electrons. The summed E-state index contributed by atoms with van der Waals surface area (Å²) in [7, 11) is -4.50. The fraction of sp³-hybridized carbons (Fsp3) is 0.889. The average molecular weight is 371 g/mol. The van der Waals surface area contributed by atoms with Crippen LogP contribution < -0.4 is 29.6 Å². The smallest absolute Gasteiger partial charge is 0.726 e. The van der Waals surface area contributed by atoms with Crippen molar-refractivity contribution in [2.45, 2.75) is 96.8 Å². The zero-order valence-corrected chi connectivity index (χ0v) is 18.6. The van der Waals surface area contributed by atoms with Gasteiger partial charge in [-0.15, -0.1) is 0 Å². The van der Waals surface area contributed by atoms with E-state index in [1.807, 2.05) is 0 Å². The Labute approximate surface area is 172 Å². The second kappa shape index (κ2) is 19.9. The molecule has 0 heterocycles. The quantitative estimate of drug-likeness (QED) is 0.130. The second-order valence-corrected chi connectivity index (χ2v) is 7.22. The number of unbranched alkanes of at least 4 members (excludes halogenated alkanes) is 12. The molecule has 6 heteroatoms. The Balaban J connectivity index is 0. The van der Waals surface area contributed by atoms with E-state index in [-0.39, 0.29) is 36.2 Å². The standard InChI is InChI=1S/C18H36O4S.Na/c1-2-3-4-5-6-7-8-9-10-11-12-13-14-15-16-17-18-22-23(19,20)21;/h9-10H,2-8,11-18H2,1H3,(H,19,20,21);/q;+1/p-1/b10-9+;. The van der Waals surface area contributed by atoms with E-state index in [9.17, 15) is 13.0 Å². The van der Waals surface area contributed by atoms with Crippen molar-refractivity contribution in [2.75, 3.05) is 6.61 Å². The predicted molar refractivity (Wildman–Crippen MR) is 95.1 cm³/mol. The summed E-state index contributed by atoms with van der Waals surface area (Å²) in [6, 6.07) is 0. The summed E-state index contributed by atoms with van der Waals surface area (Å²) in [6.07, 6.45) is 21.4. The van der Waals surface area contributed by atoms with E-state index in [0.717, 1.165) is 25.7 Å². The zero-order valence-electron chi connectivity index (χ0n) is 15.8. The molecule has 0 aromatic carbocycles. The maximum absolute atomic E-state index is 10.2. The SMILES string of the molecule is CCCCCCCC/C=C/CCCCCCCCOS(=O)(=O)[O-].[Na+]. The van der Waals surface area contributed by atoms with Gasteiger partial charge in [0.1, 0.15) is 0 Å². The molecular weight excluding hydrogens is 335 g/mol. The molecule has 24 heavy (non-hydrogen) atoms. The van der Waals surface area contributed by atoms with E-state index in [4.69, 9.17) is 0 Å². The Morgan fingerprint density at radius 3 is 1.62 bits per heavy atom. The van der Waals surface area contributed by atoms with Gasteiger partial charge in [0.15, 0.2) is 0 Å². The van der Waals surface area contributed by atoms with Crippen LogP contribution in [-0.2, 0) is 14.6 Å². The van der Waals surface area contributed by atoms with Crippen LogP contribution in [0.1, 0.15) is 96.8 Å². The third-order valence-electron chi connectivity index (χ3n) is 3.88. The van der Waals surface area contributed by atoms with Crippen LogP contribution in [0.15, 0.2) is 12.2 Å². The van der Waals surface area contributed by atoms with E-state index < -0.39 is 10.4 Å². The number of rotatable bonds is 17. The second-order valence-electron chi connectivity index (χ2n) is 6.17. The van der Waals surface area contributed by atoms with Crippen molar-refractivity contribution in [1.29, 1.82) is 0 Å². The van der Waals surface area contributed by atoms with Gasteiger partial charge in [0.05, 0.1) is 6.61 Å². The van der Waals surface area contributed by atoms with Gasteiger partial charge in [-0.05, 0) is 32.1 Å². The van der Waals surface area contributed by atoms with Gasteiger partial charge in [-0.25, -0.2) is 8.42 Å². The number of hydrogen-bond donors (Lipinski definition) is 0. The van der Waals surface area contributed by atoms with Crippen LogP contribution in [-0.4, -0.2) is 19.6 Å². The summed E-state index contributed by atoms with van der Waals surface area (Å²) in [6.45, 7) is 2.27. The number of hydrogen-bond acceptors (Lipinski definition) is 4. The molecule has 0 rings (SSSR count). The molecule has 0 aliphatic heterocycles. The van der Waals surface area contributed by atoms with Crippen LogP contribution >= 0.6 is 0 Å². The van der Waals surface area contributed by atoms with E-state index in [2.05, 4.69) is 23.3 Å². The first kappa shape index (κ1) is 26.8. The molecule has 0 spiro atoms. The monoisotopic (exact) mass is 370 g/mol. The van der Waals surface area contributed by atoms with Gasteiger partial charge >= 0.3 is 29.6 Å². The van der Waals surface area contributed by atoms with Crippen LogP contribution in [0.3, 0.4) is 0 Å². The van der Waals surface area contributed by atoms with Gasteiger partial charge in [0.2, 0.25) is 10.4 Å². The van der Waals surface area contributed by atoms with Crippen molar-refractivity contribution >= 4 is 10.4 Å². The van der Waals surface area contributed by atoms with Crippen molar-refractivity contribution < 1.29 is 46.7 Å². The Hall–Kier alpha value is 0.610. The molecule has 0 aliphatic carbocycles. The normalized spacial score (nSPS) is 11.8. The summed E-state index contributed by atoms with van der Waals surface area (Å²) >= 11 is 0. The van der Waals surface area contributed by atoms with E-state index in [1.165, 1.54) is 57.8 Å². The van der Waals surface area contributed by atoms with E-state index in [0.29, 0.717) is 6.42 Å². The Kier molecular flexibility index (Phi) is 22.3. The molecule has 0 atom stereocenters. The molecule has 0 amide bonds. The third-order valence-corrected chi connectivity index (χ3v) is 4.34. The average Bonchev–Trinajstić information content (AvgIpc) is 2.49. The first-order chi connectivity index (χ1) is 11.1. The molecule has 0 aromatic heterocycles. The minimum atomic E-state index is -4.50. The van der Waals surface area contributed by atoms with Crippen LogP contribution in [0.5, 0.6) is 0 Å². The fourth-order valence-electron chi connectivity index (χ4n) is 2.51.